The highest BCUT2D eigenvalue weighted by atomic mass is 35.5. The number of thioether (sulfide) groups is 1. The third kappa shape index (κ3) is 4.72. The van der Waals surface area contributed by atoms with Crippen molar-refractivity contribution in [2.45, 2.75) is 5.16 Å². The van der Waals surface area contributed by atoms with Crippen molar-refractivity contribution < 1.29 is 9.72 Å². The van der Waals surface area contributed by atoms with E-state index in [1.54, 1.807) is 35.7 Å². The molecule has 4 rings (SSSR count). The largest absolute Gasteiger partial charge is 0.335 e. The molecule has 0 fully saturated rings. The fourth-order valence-corrected chi connectivity index (χ4v) is 4.34. The molecule has 13 heteroatoms. The van der Waals surface area contributed by atoms with E-state index in [9.17, 15) is 14.9 Å². The van der Waals surface area contributed by atoms with Crippen LogP contribution in [0.2, 0.25) is 5.02 Å². The minimum absolute atomic E-state index is 0.0282. The van der Waals surface area contributed by atoms with E-state index in [2.05, 4.69) is 20.5 Å². The third-order valence-electron chi connectivity index (χ3n) is 4.21. The fourth-order valence-electron chi connectivity index (χ4n) is 2.73. The molecular formula is C19H14ClN7O3S2. The number of carbonyl (C=O) groups is 1. The number of nitrogens with zero attached hydrogens (tertiary/aromatic N) is 5. The number of halogens is 1. The third-order valence-corrected chi connectivity index (χ3v) is 6.25. The topological polar surface area (TPSA) is 142 Å². The molecule has 0 unspecified atom stereocenters. The monoisotopic (exact) mass is 487 g/mol. The summed E-state index contributed by atoms with van der Waals surface area (Å²) < 4.78 is 1.28. The van der Waals surface area contributed by atoms with Crippen LogP contribution in [0.15, 0.2) is 59.1 Å². The van der Waals surface area contributed by atoms with Gasteiger partial charge in [0.15, 0.2) is 11.0 Å². The highest BCUT2D eigenvalue weighted by Gasteiger charge is 2.16. The van der Waals surface area contributed by atoms with Crippen LogP contribution in [0.25, 0.3) is 22.6 Å². The Bertz CT molecular complexity index is 1310. The molecule has 0 aliphatic carbocycles. The van der Waals surface area contributed by atoms with Gasteiger partial charge in [0.25, 0.3) is 5.69 Å². The van der Waals surface area contributed by atoms with Crippen LogP contribution in [0.1, 0.15) is 0 Å². The number of nitrogen functional groups attached to an aromatic ring is 1. The number of nitrogens with two attached hydrogens (primary N) is 1. The molecular weight excluding hydrogens is 474 g/mol. The van der Waals surface area contributed by atoms with Crippen LogP contribution in [0.4, 0.5) is 10.8 Å². The van der Waals surface area contributed by atoms with Crippen LogP contribution < -0.4 is 11.2 Å². The van der Waals surface area contributed by atoms with Gasteiger partial charge >= 0.3 is 0 Å². The van der Waals surface area contributed by atoms with Crippen LogP contribution >= 0.6 is 34.7 Å². The average Bonchev–Trinajstić information content (AvgIpc) is 3.39. The van der Waals surface area contributed by atoms with Crippen molar-refractivity contribution in [3.05, 3.63) is 69.0 Å². The Morgan fingerprint density at radius 3 is 2.84 bits per heavy atom. The van der Waals surface area contributed by atoms with Crippen molar-refractivity contribution in [2.24, 2.45) is 0 Å². The molecule has 2 aromatic carbocycles. The summed E-state index contributed by atoms with van der Waals surface area (Å²) in [6.07, 6.45) is 0. The predicted octanol–water partition coefficient (Wildman–Crippen LogP) is 4.07. The van der Waals surface area contributed by atoms with Gasteiger partial charge in [-0.1, -0.05) is 47.6 Å². The van der Waals surface area contributed by atoms with Crippen LogP contribution in [0.3, 0.4) is 0 Å². The van der Waals surface area contributed by atoms with Gasteiger partial charge in [-0.3, -0.25) is 14.9 Å². The van der Waals surface area contributed by atoms with Crippen LogP contribution in [0.5, 0.6) is 0 Å². The quantitative estimate of drug-likeness (QED) is 0.172. The zero-order valence-electron chi connectivity index (χ0n) is 16.1. The normalized spacial score (nSPS) is 10.8. The molecule has 3 N–H and O–H groups in total. The summed E-state index contributed by atoms with van der Waals surface area (Å²) >= 11 is 8.52. The predicted molar refractivity (Wildman–Crippen MR) is 124 cm³/mol. The first-order valence-electron chi connectivity index (χ1n) is 9.01. The van der Waals surface area contributed by atoms with Gasteiger partial charge in [0.2, 0.25) is 11.1 Å². The summed E-state index contributed by atoms with van der Waals surface area (Å²) in [5.74, 6) is 6.18. The molecule has 162 valence electrons. The number of hydrogen-bond acceptors (Lipinski definition) is 9. The van der Waals surface area contributed by atoms with Crippen LogP contribution in [0, 0.1) is 10.1 Å². The number of thiazole rings is 1. The van der Waals surface area contributed by atoms with Gasteiger partial charge in [0.1, 0.15) is 0 Å². The summed E-state index contributed by atoms with van der Waals surface area (Å²) in [5.41, 5.74) is 1.73. The molecule has 0 bridgehead atoms. The van der Waals surface area contributed by atoms with Crippen molar-refractivity contribution in [3.8, 4) is 22.6 Å². The number of nitro groups is 1. The first-order valence-corrected chi connectivity index (χ1v) is 11.2. The first-order chi connectivity index (χ1) is 15.4. The molecule has 32 heavy (non-hydrogen) atoms. The number of rotatable bonds is 7. The maximum Gasteiger partial charge on any atom is 0.270 e. The number of hydrogen-bond donors (Lipinski definition) is 2. The molecule has 0 aliphatic heterocycles. The van der Waals surface area contributed by atoms with Gasteiger partial charge in [-0.15, -0.1) is 21.5 Å². The van der Waals surface area contributed by atoms with E-state index in [0.29, 0.717) is 38.0 Å². The minimum atomic E-state index is -0.469. The standard InChI is InChI=1S/C19H14ClN7O3S2/c20-14-7-2-1-6-13(14)17-24-25-19(26(17)21)32-10-16(28)23-18-22-15(9-31-18)11-4-3-5-12(8-11)27(29)30/h1-9H,10,21H2,(H,22,23,28). The van der Waals surface area contributed by atoms with Gasteiger partial charge < -0.3 is 11.2 Å². The van der Waals surface area contributed by atoms with Crippen molar-refractivity contribution in [1.29, 1.82) is 0 Å². The molecule has 0 radical (unpaired) electrons. The van der Waals surface area contributed by atoms with Gasteiger partial charge in [0.05, 0.1) is 21.4 Å². The summed E-state index contributed by atoms with van der Waals surface area (Å²) in [6.45, 7) is 0. The van der Waals surface area contributed by atoms with Crippen molar-refractivity contribution >= 4 is 51.4 Å². The Kier molecular flexibility index (Phi) is 6.35. The van der Waals surface area contributed by atoms with E-state index < -0.39 is 4.92 Å². The van der Waals surface area contributed by atoms with Crippen LogP contribution in [-0.4, -0.2) is 36.4 Å². The van der Waals surface area contributed by atoms with Gasteiger partial charge in [-0.25, -0.2) is 9.66 Å². The lowest BCUT2D eigenvalue weighted by molar-refractivity contribution is -0.384. The summed E-state index contributed by atoms with van der Waals surface area (Å²) in [5, 5.41) is 24.7. The Morgan fingerprint density at radius 1 is 1.25 bits per heavy atom. The number of aromatic nitrogens is 4. The van der Waals surface area contributed by atoms with E-state index in [1.165, 1.54) is 28.1 Å². The molecule has 1 amide bonds. The number of amides is 1. The zero-order chi connectivity index (χ0) is 22.7. The van der Waals surface area contributed by atoms with Crippen molar-refractivity contribution in [3.63, 3.8) is 0 Å². The van der Waals surface area contributed by atoms with Crippen molar-refractivity contribution in [2.75, 3.05) is 16.9 Å². The molecule has 0 aliphatic rings. The minimum Gasteiger partial charge on any atom is -0.335 e. The van der Waals surface area contributed by atoms with Gasteiger partial charge in [-0.2, -0.15) is 0 Å². The van der Waals surface area contributed by atoms with Crippen LogP contribution in [-0.2, 0) is 4.79 Å². The second-order valence-corrected chi connectivity index (χ2v) is 8.55. The van der Waals surface area contributed by atoms with E-state index in [-0.39, 0.29) is 17.3 Å². The Hall–Kier alpha value is -3.48. The maximum absolute atomic E-state index is 12.3. The fraction of sp³-hybridized carbons (Fsp3) is 0.0526. The van der Waals surface area contributed by atoms with E-state index in [0.717, 1.165) is 11.8 Å². The second kappa shape index (κ2) is 9.34. The smallest absolute Gasteiger partial charge is 0.270 e. The van der Waals surface area contributed by atoms with Gasteiger partial charge in [0, 0.05) is 28.6 Å². The van der Waals surface area contributed by atoms with Gasteiger partial charge in [-0.05, 0) is 12.1 Å². The zero-order valence-corrected chi connectivity index (χ0v) is 18.5. The summed E-state index contributed by atoms with van der Waals surface area (Å²) in [6, 6.07) is 13.2. The second-order valence-electron chi connectivity index (χ2n) is 6.34. The number of nitro benzene ring substituents is 1. The number of non-ortho nitro benzene ring substituents is 1. The maximum atomic E-state index is 12.3. The number of benzene rings is 2. The van der Waals surface area contributed by atoms with Crippen molar-refractivity contribution in [1.82, 2.24) is 19.9 Å². The Balaban J connectivity index is 1.39. The number of anilines is 1. The Labute approximate surface area is 194 Å². The number of carbonyl (C=O) groups excluding carboxylic acids is 1. The first kappa shape index (κ1) is 21.7. The van der Waals surface area contributed by atoms with E-state index >= 15 is 0 Å². The molecule has 0 atom stereocenters. The molecule has 10 nitrogen and oxygen atoms in total. The lowest BCUT2D eigenvalue weighted by atomic mass is 10.1. The molecule has 0 saturated heterocycles. The lowest BCUT2D eigenvalue weighted by Gasteiger charge is -2.05. The Morgan fingerprint density at radius 2 is 2.06 bits per heavy atom. The summed E-state index contributed by atoms with van der Waals surface area (Å²) in [7, 11) is 0. The number of nitrogens with one attached hydrogen (secondary N) is 1. The lowest BCUT2D eigenvalue weighted by Crippen LogP contribution is -2.16. The highest BCUT2D eigenvalue weighted by molar-refractivity contribution is 7.99. The van der Waals surface area contributed by atoms with E-state index in [1.807, 2.05) is 6.07 Å². The SMILES string of the molecule is Nn1c(SCC(=O)Nc2nc(-c3cccc([N+](=O)[O-])c3)cs2)nnc1-c1ccccc1Cl. The molecule has 0 saturated carbocycles. The molecule has 4 aromatic rings. The molecule has 2 heterocycles. The highest BCUT2D eigenvalue weighted by Crippen LogP contribution is 2.29. The summed E-state index contributed by atoms with van der Waals surface area (Å²) in [4.78, 5) is 27.2. The van der Waals surface area contributed by atoms with E-state index in [4.69, 9.17) is 17.4 Å². The molecule has 0 spiro atoms. The molecule has 2 aromatic heterocycles. The average molecular weight is 488 g/mol.